The molecule has 0 radical (unpaired) electrons. The maximum Gasteiger partial charge on any atom is 0.0575 e. The molecular weight excluding hydrogens is 140 g/mol. The highest BCUT2D eigenvalue weighted by atomic mass is 16.5. The van der Waals surface area contributed by atoms with Gasteiger partial charge in [-0.05, 0) is 19.3 Å². The van der Waals surface area contributed by atoms with Gasteiger partial charge in [0, 0.05) is 5.41 Å². The lowest BCUT2D eigenvalue weighted by molar-refractivity contribution is -0.0488. The minimum absolute atomic E-state index is 0.0599. The lowest BCUT2D eigenvalue weighted by Crippen LogP contribution is -2.30. The molecule has 1 rings (SSSR count). The number of hydrogen-bond acceptors (Lipinski definition) is 2. The van der Waals surface area contributed by atoms with Crippen LogP contribution < -0.4 is 0 Å². The predicted octanol–water partition coefficient (Wildman–Crippen LogP) is 1.57. The van der Waals surface area contributed by atoms with E-state index in [1.807, 2.05) is 13.8 Å². The van der Waals surface area contributed by atoms with Crippen molar-refractivity contribution in [3.63, 3.8) is 0 Å². The molecule has 1 fully saturated rings. The van der Waals surface area contributed by atoms with E-state index in [9.17, 15) is 0 Å². The summed E-state index contributed by atoms with van der Waals surface area (Å²) in [7, 11) is 0. The fraction of sp³-hybridized carbons (Fsp3) is 1.00. The van der Waals surface area contributed by atoms with Crippen molar-refractivity contribution in [1.82, 2.24) is 0 Å². The molecule has 11 heavy (non-hydrogen) atoms. The first kappa shape index (κ1) is 9.01. The molecule has 1 aliphatic rings. The number of ether oxygens (including phenoxy) is 1. The minimum Gasteiger partial charge on any atom is -0.396 e. The Morgan fingerprint density at radius 3 is 2.45 bits per heavy atom. The quantitative estimate of drug-likeness (QED) is 0.673. The summed E-state index contributed by atoms with van der Waals surface area (Å²) >= 11 is 0. The summed E-state index contributed by atoms with van der Waals surface area (Å²) in [5, 5.41) is 8.92. The van der Waals surface area contributed by atoms with Gasteiger partial charge in [-0.25, -0.2) is 0 Å². The zero-order valence-corrected chi connectivity index (χ0v) is 7.47. The molecule has 0 aromatic carbocycles. The van der Waals surface area contributed by atoms with Gasteiger partial charge in [-0.3, -0.25) is 0 Å². The zero-order valence-electron chi connectivity index (χ0n) is 7.47. The Morgan fingerprint density at radius 2 is 2.09 bits per heavy atom. The van der Waals surface area contributed by atoms with E-state index < -0.39 is 0 Å². The average Bonchev–Trinajstić information content (AvgIpc) is 1.84. The molecule has 0 heterocycles. The standard InChI is InChI=1S/C9H18O2/c1-9(2,6-10)7-11-8-4-3-5-8/h8,10H,3-7H2,1-2H3. The molecule has 1 N–H and O–H groups in total. The Balaban J connectivity index is 2.09. The van der Waals surface area contributed by atoms with E-state index in [2.05, 4.69) is 0 Å². The maximum atomic E-state index is 8.92. The van der Waals surface area contributed by atoms with Gasteiger partial charge in [-0.2, -0.15) is 0 Å². The lowest BCUT2D eigenvalue weighted by atomic mass is 9.93. The number of aliphatic hydroxyl groups is 1. The van der Waals surface area contributed by atoms with Crippen molar-refractivity contribution in [3.8, 4) is 0 Å². The Morgan fingerprint density at radius 1 is 1.45 bits per heavy atom. The van der Waals surface area contributed by atoms with Gasteiger partial charge in [0.25, 0.3) is 0 Å². The van der Waals surface area contributed by atoms with Crippen LogP contribution in [-0.4, -0.2) is 24.4 Å². The summed E-state index contributed by atoms with van der Waals surface area (Å²) in [6.45, 7) is 4.94. The second-order valence-corrected chi connectivity index (χ2v) is 4.19. The molecule has 1 aliphatic carbocycles. The fourth-order valence-electron chi connectivity index (χ4n) is 0.927. The van der Waals surface area contributed by atoms with Crippen molar-refractivity contribution in [1.29, 1.82) is 0 Å². The van der Waals surface area contributed by atoms with Crippen LogP contribution in [0, 0.1) is 5.41 Å². The van der Waals surface area contributed by atoms with Gasteiger partial charge in [-0.1, -0.05) is 13.8 Å². The van der Waals surface area contributed by atoms with Crippen LogP contribution in [-0.2, 0) is 4.74 Å². The van der Waals surface area contributed by atoms with Crippen LogP contribution in [0.4, 0.5) is 0 Å². The van der Waals surface area contributed by atoms with Crippen molar-refractivity contribution in [2.24, 2.45) is 5.41 Å². The summed E-state index contributed by atoms with van der Waals surface area (Å²) in [6, 6.07) is 0. The van der Waals surface area contributed by atoms with Crippen LogP contribution in [0.5, 0.6) is 0 Å². The molecule has 66 valence electrons. The molecule has 0 aromatic heterocycles. The van der Waals surface area contributed by atoms with Crippen LogP contribution >= 0.6 is 0 Å². The van der Waals surface area contributed by atoms with Gasteiger partial charge in [-0.15, -0.1) is 0 Å². The molecule has 0 aromatic rings. The zero-order chi connectivity index (χ0) is 8.32. The van der Waals surface area contributed by atoms with Crippen molar-refractivity contribution in [2.45, 2.75) is 39.2 Å². The van der Waals surface area contributed by atoms with Crippen molar-refractivity contribution >= 4 is 0 Å². The van der Waals surface area contributed by atoms with Gasteiger partial charge in [0.2, 0.25) is 0 Å². The largest absolute Gasteiger partial charge is 0.396 e. The normalized spacial score (nSPS) is 19.9. The summed E-state index contributed by atoms with van der Waals surface area (Å²) in [6.07, 6.45) is 4.22. The van der Waals surface area contributed by atoms with Crippen LogP contribution in [0.15, 0.2) is 0 Å². The molecule has 0 spiro atoms. The van der Waals surface area contributed by atoms with E-state index in [4.69, 9.17) is 9.84 Å². The Labute approximate surface area is 68.6 Å². The monoisotopic (exact) mass is 158 g/mol. The van der Waals surface area contributed by atoms with E-state index in [1.165, 1.54) is 19.3 Å². The fourth-order valence-corrected chi connectivity index (χ4v) is 0.927. The van der Waals surface area contributed by atoms with Crippen LogP contribution in [0.25, 0.3) is 0 Å². The summed E-state index contributed by atoms with van der Waals surface area (Å²) in [5.74, 6) is 0. The lowest BCUT2D eigenvalue weighted by Gasteiger charge is -2.30. The number of hydrogen-bond donors (Lipinski definition) is 1. The van der Waals surface area contributed by atoms with E-state index >= 15 is 0 Å². The Kier molecular flexibility index (Phi) is 2.90. The SMILES string of the molecule is CC(C)(CO)COC1CCC1. The molecule has 0 bridgehead atoms. The molecular formula is C9H18O2. The smallest absolute Gasteiger partial charge is 0.0575 e. The predicted molar refractivity (Wildman–Crippen MR) is 44.5 cm³/mol. The van der Waals surface area contributed by atoms with Crippen LogP contribution in [0.2, 0.25) is 0 Å². The van der Waals surface area contributed by atoms with Crippen molar-refractivity contribution in [3.05, 3.63) is 0 Å². The van der Waals surface area contributed by atoms with Gasteiger partial charge in [0.05, 0.1) is 19.3 Å². The van der Waals surface area contributed by atoms with E-state index in [0.29, 0.717) is 12.7 Å². The van der Waals surface area contributed by atoms with Gasteiger partial charge in [0.1, 0.15) is 0 Å². The molecule has 1 saturated carbocycles. The van der Waals surface area contributed by atoms with Crippen molar-refractivity contribution < 1.29 is 9.84 Å². The summed E-state index contributed by atoms with van der Waals surface area (Å²) in [5.41, 5.74) is -0.0599. The van der Waals surface area contributed by atoms with Crippen molar-refractivity contribution in [2.75, 3.05) is 13.2 Å². The molecule has 0 unspecified atom stereocenters. The minimum atomic E-state index is -0.0599. The van der Waals surface area contributed by atoms with Gasteiger partial charge >= 0.3 is 0 Å². The summed E-state index contributed by atoms with van der Waals surface area (Å²) in [4.78, 5) is 0. The topological polar surface area (TPSA) is 29.5 Å². The molecule has 0 amide bonds. The first-order chi connectivity index (χ1) is 5.14. The highest BCUT2D eigenvalue weighted by Gasteiger charge is 2.23. The molecule has 0 aliphatic heterocycles. The molecule has 0 saturated heterocycles. The van der Waals surface area contributed by atoms with Crippen LogP contribution in [0.3, 0.4) is 0 Å². The third-order valence-corrected chi connectivity index (χ3v) is 2.19. The molecule has 0 atom stereocenters. The highest BCUT2D eigenvalue weighted by molar-refractivity contribution is 4.72. The third-order valence-electron chi connectivity index (χ3n) is 2.19. The first-order valence-corrected chi connectivity index (χ1v) is 4.36. The van der Waals surface area contributed by atoms with Gasteiger partial charge < -0.3 is 9.84 Å². The van der Waals surface area contributed by atoms with E-state index in [-0.39, 0.29) is 12.0 Å². The number of rotatable bonds is 4. The second kappa shape index (κ2) is 3.55. The molecule has 2 heteroatoms. The number of aliphatic hydroxyl groups excluding tert-OH is 1. The first-order valence-electron chi connectivity index (χ1n) is 4.36. The Bertz CT molecular complexity index is 117. The van der Waals surface area contributed by atoms with Crippen LogP contribution in [0.1, 0.15) is 33.1 Å². The third kappa shape index (κ3) is 2.80. The maximum absolute atomic E-state index is 8.92. The summed E-state index contributed by atoms with van der Waals surface area (Å²) < 4.78 is 5.57. The van der Waals surface area contributed by atoms with Gasteiger partial charge in [0.15, 0.2) is 0 Å². The average molecular weight is 158 g/mol. The highest BCUT2D eigenvalue weighted by Crippen LogP contribution is 2.24. The van der Waals surface area contributed by atoms with E-state index in [0.717, 1.165) is 0 Å². The Hall–Kier alpha value is -0.0800. The second-order valence-electron chi connectivity index (χ2n) is 4.19. The van der Waals surface area contributed by atoms with E-state index in [1.54, 1.807) is 0 Å². The molecule has 2 nitrogen and oxygen atoms in total.